The van der Waals surface area contributed by atoms with Crippen molar-refractivity contribution in [2.24, 2.45) is 5.92 Å². The summed E-state index contributed by atoms with van der Waals surface area (Å²) in [7, 11) is 1.27. The zero-order valence-corrected chi connectivity index (χ0v) is 15.5. The number of benzene rings is 1. The van der Waals surface area contributed by atoms with Crippen molar-refractivity contribution in [3.05, 3.63) is 40.2 Å². The third kappa shape index (κ3) is 4.41. The van der Waals surface area contributed by atoms with Crippen molar-refractivity contribution in [1.29, 1.82) is 0 Å². The van der Waals surface area contributed by atoms with E-state index in [0.717, 1.165) is 10.9 Å². The molecule has 1 amide bonds. The Labute approximate surface area is 151 Å². The normalized spacial score (nSPS) is 13.3. The summed E-state index contributed by atoms with van der Waals surface area (Å²) < 4.78 is 15.5. The fraction of sp³-hybridized carbons (Fsp3) is 0.421. The molecule has 1 N–H and O–H groups in total. The van der Waals surface area contributed by atoms with E-state index in [1.54, 1.807) is 39.0 Å². The van der Waals surface area contributed by atoms with Crippen molar-refractivity contribution in [3.63, 3.8) is 0 Å². The number of hydrogen-bond acceptors (Lipinski definition) is 6. The molecule has 0 bridgehead atoms. The number of carbonyl (C=O) groups excluding carboxylic acids is 2. The van der Waals surface area contributed by atoms with E-state index < -0.39 is 29.6 Å². The zero-order chi connectivity index (χ0) is 19.4. The van der Waals surface area contributed by atoms with Crippen molar-refractivity contribution in [3.8, 4) is 5.75 Å². The number of amides is 1. The Morgan fingerprint density at radius 2 is 1.85 bits per heavy atom. The second kappa shape index (κ2) is 8.03. The van der Waals surface area contributed by atoms with Crippen LogP contribution >= 0.6 is 0 Å². The Morgan fingerprint density at radius 1 is 1.15 bits per heavy atom. The molecule has 2 aromatic rings. The van der Waals surface area contributed by atoms with Gasteiger partial charge in [0.05, 0.1) is 7.11 Å². The number of nitrogens with one attached hydrogen (secondary N) is 1. The average molecular weight is 361 g/mol. The number of esters is 1. The average Bonchev–Trinajstić information content (AvgIpc) is 2.57. The molecule has 1 heterocycles. The minimum Gasteiger partial charge on any atom is -0.481 e. The fourth-order valence-corrected chi connectivity index (χ4v) is 2.53. The maximum atomic E-state index is 12.3. The minimum absolute atomic E-state index is 0.128. The Balaban J connectivity index is 2.14. The highest BCUT2D eigenvalue weighted by atomic mass is 16.5. The molecule has 7 heteroatoms. The number of carbonyl (C=O) groups is 2. The molecule has 140 valence electrons. The van der Waals surface area contributed by atoms with Gasteiger partial charge >= 0.3 is 11.6 Å². The Bertz CT molecular complexity index is 870. The van der Waals surface area contributed by atoms with Gasteiger partial charge in [-0.15, -0.1) is 0 Å². The van der Waals surface area contributed by atoms with E-state index in [9.17, 15) is 14.4 Å². The maximum absolute atomic E-state index is 12.3. The van der Waals surface area contributed by atoms with Crippen LogP contribution in [0, 0.1) is 12.8 Å². The smallest absolute Gasteiger partial charge is 0.336 e. The third-order valence-corrected chi connectivity index (χ3v) is 4.02. The predicted molar refractivity (Wildman–Crippen MR) is 96.1 cm³/mol. The molecule has 2 atom stereocenters. The van der Waals surface area contributed by atoms with Crippen LogP contribution in [0.1, 0.15) is 26.3 Å². The van der Waals surface area contributed by atoms with Crippen LogP contribution in [0.25, 0.3) is 11.0 Å². The number of ether oxygens (including phenoxy) is 2. The quantitative estimate of drug-likeness (QED) is 0.626. The third-order valence-electron chi connectivity index (χ3n) is 4.02. The van der Waals surface area contributed by atoms with Crippen molar-refractivity contribution in [1.82, 2.24) is 5.32 Å². The molecule has 0 aliphatic rings. The van der Waals surface area contributed by atoms with Gasteiger partial charge in [-0.1, -0.05) is 13.8 Å². The second-order valence-electron chi connectivity index (χ2n) is 6.42. The number of hydrogen-bond donors (Lipinski definition) is 1. The van der Waals surface area contributed by atoms with E-state index >= 15 is 0 Å². The lowest BCUT2D eigenvalue weighted by Crippen LogP contribution is -2.49. The molecule has 0 aliphatic heterocycles. The Kier molecular flexibility index (Phi) is 6.02. The summed E-state index contributed by atoms with van der Waals surface area (Å²) in [6.45, 7) is 7.00. The molecule has 0 radical (unpaired) electrons. The standard InChI is InChI=1S/C19H23NO6/c1-10(2)17(19(23)24-5)20-18(22)12(4)25-13-6-7-14-11(3)8-16(21)26-15(14)9-13/h6-10,12,17H,1-5H3,(H,20,22)/t12?,17-/m1/s1. The zero-order valence-electron chi connectivity index (χ0n) is 15.5. The lowest BCUT2D eigenvalue weighted by Gasteiger charge is -2.22. The van der Waals surface area contributed by atoms with Gasteiger partial charge in [0, 0.05) is 17.5 Å². The van der Waals surface area contributed by atoms with Gasteiger partial charge in [0.15, 0.2) is 6.10 Å². The fourth-order valence-electron chi connectivity index (χ4n) is 2.53. The topological polar surface area (TPSA) is 94.8 Å². The lowest BCUT2D eigenvalue weighted by atomic mass is 10.0. The van der Waals surface area contributed by atoms with Crippen LogP contribution in [-0.2, 0) is 14.3 Å². The van der Waals surface area contributed by atoms with Gasteiger partial charge in [-0.2, -0.15) is 0 Å². The number of rotatable bonds is 6. The molecule has 1 unspecified atom stereocenters. The molecule has 0 saturated heterocycles. The molecule has 0 saturated carbocycles. The molecule has 0 aliphatic carbocycles. The SMILES string of the molecule is COC(=O)[C@H](NC(=O)C(C)Oc1ccc2c(C)cc(=O)oc2c1)C(C)C. The van der Waals surface area contributed by atoms with E-state index in [-0.39, 0.29) is 5.92 Å². The molecule has 0 fully saturated rings. The van der Waals surface area contributed by atoms with Gasteiger partial charge in [0.1, 0.15) is 17.4 Å². The van der Waals surface area contributed by atoms with E-state index in [1.165, 1.54) is 13.2 Å². The minimum atomic E-state index is -0.852. The molecule has 2 rings (SSSR count). The lowest BCUT2D eigenvalue weighted by molar-refractivity contribution is -0.147. The van der Waals surface area contributed by atoms with Crippen LogP contribution in [-0.4, -0.2) is 31.1 Å². The molecular weight excluding hydrogens is 338 g/mol. The molecular formula is C19H23NO6. The van der Waals surface area contributed by atoms with E-state index in [4.69, 9.17) is 13.9 Å². The monoisotopic (exact) mass is 361 g/mol. The van der Waals surface area contributed by atoms with Crippen molar-refractivity contribution in [2.75, 3.05) is 7.11 Å². The number of aryl methyl sites for hydroxylation is 1. The van der Waals surface area contributed by atoms with Crippen LogP contribution in [0.3, 0.4) is 0 Å². The first-order valence-corrected chi connectivity index (χ1v) is 8.32. The van der Waals surface area contributed by atoms with Crippen molar-refractivity contribution >= 4 is 22.8 Å². The van der Waals surface area contributed by atoms with Crippen LogP contribution in [0.15, 0.2) is 33.5 Å². The van der Waals surface area contributed by atoms with Gasteiger partial charge < -0.3 is 19.2 Å². The number of methoxy groups -OCH3 is 1. The van der Waals surface area contributed by atoms with E-state index in [2.05, 4.69) is 5.32 Å². The highest BCUT2D eigenvalue weighted by Gasteiger charge is 2.27. The summed E-state index contributed by atoms with van der Waals surface area (Å²) in [6.07, 6.45) is -0.852. The van der Waals surface area contributed by atoms with Crippen molar-refractivity contribution < 1.29 is 23.5 Å². The molecule has 26 heavy (non-hydrogen) atoms. The predicted octanol–water partition coefficient (Wildman–Crippen LogP) is 2.18. The van der Waals surface area contributed by atoms with E-state index in [0.29, 0.717) is 11.3 Å². The van der Waals surface area contributed by atoms with Gasteiger partial charge in [0.2, 0.25) is 0 Å². The largest absolute Gasteiger partial charge is 0.481 e. The summed E-state index contributed by atoms with van der Waals surface area (Å²) in [5, 5.41) is 3.42. The van der Waals surface area contributed by atoms with Crippen LogP contribution in [0.5, 0.6) is 5.75 Å². The Morgan fingerprint density at radius 3 is 2.46 bits per heavy atom. The summed E-state index contributed by atoms with van der Waals surface area (Å²) in [4.78, 5) is 35.6. The highest BCUT2D eigenvalue weighted by Crippen LogP contribution is 2.23. The second-order valence-corrected chi connectivity index (χ2v) is 6.42. The van der Waals surface area contributed by atoms with Crippen LogP contribution in [0.4, 0.5) is 0 Å². The van der Waals surface area contributed by atoms with Gasteiger partial charge in [-0.05, 0) is 37.5 Å². The highest BCUT2D eigenvalue weighted by molar-refractivity contribution is 5.87. The van der Waals surface area contributed by atoms with Crippen LogP contribution < -0.4 is 15.7 Å². The molecule has 0 spiro atoms. The summed E-state index contributed by atoms with van der Waals surface area (Å²) in [5.41, 5.74) is 0.733. The molecule has 7 nitrogen and oxygen atoms in total. The molecule has 1 aromatic carbocycles. The van der Waals surface area contributed by atoms with Gasteiger partial charge in [-0.3, -0.25) is 4.79 Å². The maximum Gasteiger partial charge on any atom is 0.336 e. The summed E-state index contributed by atoms with van der Waals surface area (Å²) >= 11 is 0. The first-order valence-electron chi connectivity index (χ1n) is 8.32. The summed E-state index contributed by atoms with van der Waals surface area (Å²) in [5.74, 6) is -0.701. The first kappa shape index (κ1) is 19.5. The van der Waals surface area contributed by atoms with Gasteiger partial charge in [-0.25, -0.2) is 9.59 Å². The Hall–Kier alpha value is -2.83. The molecule has 1 aromatic heterocycles. The number of fused-ring (bicyclic) bond motifs is 1. The van der Waals surface area contributed by atoms with Crippen molar-refractivity contribution in [2.45, 2.75) is 39.8 Å². The van der Waals surface area contributed by atoms with Crippen LogP contribution in [0.2, 0.25) is 0 Å². The first-order chi connectivity index (χ1) is 12.2. The van der Waals surface area contributed by atoms with E-state index in [1.807, 2.05) is 6.92 Å². The summed E-state index contributed by atoms with van der Waals surface area (Å²) in [6, 6.07) is 5.68. The van der Waals surface area contributed by atoms with Gasteiger partial charge in [0.25, 0.3) is 5.91 Å².